The summed E-state index contributed by atoms with van der Waals surface area (Å²) >= 11 is 0. The van der Waals surface area contributed by atoms with Gasteiger partial charge >= 0.3 is 0 Å². The molecule has 1 fully saturated rings. The number of nitrogens with zero attached hydrogens (tertiary/aromatic N) is 3. The number of unbranched alkanes of at least 4 members (excludes halogenated alkanes) is 3. The van der Waals surface area contributed by atoms with Crippen LogP contribution in [-0.2, 0) is 4.79 Å². The van der Waals surface area contributed by atoms with Crippen molar-refractivity contribution < 1.29 is 14.8 Å². The van der Waals surface area contributed by atoms with Gasteiger partial charge in [0.2, 0.25) is 5.91 Å². The normalized spacial score (nSPS) is 15.6. The van der Waals surface area contributed by atoms with Gasteiger partial charge in [0.05, 0.1) is 16.9 Å². The first-order chi connectivity index (χ1) is 14.2. The fourth-order valence-electron chi connectivity index (χ4n) is 3.91. The molecule has 1 aliphatic carbocycles. The van der Waals surface area contributed by atoms with Gasteiger partial charge in [0.1, 0.15) is 5.82 Å². The van der Waals surface area contributed by atoms with Crippen molar-refractivity contribution in [3.8, 4) is 0 Å². The molecule has 2 aliphatic rings. The molecule has 0 saturated heterocycles. The number of aromatic nitrogens is 1. The number of hydrogen-bond acceptors (Lipinski definition) is 5. The Morgan fingerprint density at radius 3 is 2.59 bits per heavy atom. The molecule has 2 amide bonds. The average Bonchev–Trinajstić information content (AvgIpc) is 3.59. The first-order valence-electron chi connectivity index (χ1n) is 10.3. The molecule has 4 rings (SSSR count). The van der Waals surface area contributed by atoms with Crippen LogP contribution in [0.5, 0.6) is 0 Å². The highest BCUT2D eigenvalue weighted by Crippen LogP contribution is 2.45. The maximum absolute atomic E-state index is 13.4. The van der Waals surface area contributed by atoms with E-state index in [4.69, 9.17) is 5.21 Å². The van der Waals surface area contributed by atoms with E-state index in [1.165, 1.54) is 0 Å². The van der Waals surface area contributed by atoms with Gasteiger partial charge in [-0.05, 0) is 49.9 Å². The zero-order chi connectivity index (χ0) is 20.2. The number of rotatable bonds is 8. The summed E-state index contributed by atoms with van der Waals surface area (Å²) in [5, 5.41) is 8.55. The highest BCUT2D eigenvalue weighted by Gasteiger charge is 2.38. The van der Waals surface area contributed by atoms with Gasteiger partial charge in [-0.2, -0.15) is 0 Å². The topological polar surface area (TPSA) is 85.8 Å². The Balaban J connectivity index is 1.53. The third-order valence-corrected chi connectivity index (χ3v) is 5.49. The number of para-hydroxylation sites is 2. The van der Waals surface area contributed by atoms with E-state index in [0.29, 0.717) is 24.6 Å². The van der Waals surface area contributed by atoms with Crippen LogP contribution in [0.25, 0.3) is 0 Å². The van der Waals surface area contributed by atoms with Crippen LogP contribution in [0.15, 0.2) is 42.6 Å². The standard InChI is InChI=1S/C22H26N4O3/c27-20(24-29)11-3-1-2-6-15-25-18-9-4-5-10-19(18)26(16-12-13-16)21-17(22(25)28)8-7-14-23-21/h4-5,7-10,14,16,29H,1-3,6,11-13,15H2,(H,24,27). The number of fused-ring (bicyclic) bond motifs is 2. The lowest BCUT2D eigenvalue weighted by Crippen LogP contribution is -2.31. The number of carbonyl (C=O) groups excluding carboxylic acids is 2. The molecule has 29 heavy (non-hydrogen) atoms. The lowest BCUT2D eigenvalue weighted by Gasteiger charge is -2.26. The molecule has 2 N–H and O–H groups in total. The molecular formula is C22H26N4O3. The molecule has 2 aromatic rings. The van der Waals surface area contributed by atoms with Crippen molar-refractivity contribution in [1.29, 1.82) is 0 Å². The van der Waals surface area contributed by atoms with E-state index >= 15 is 0 Å². The monoisotopic (exact) mass is 394 g/mol. The maximum Gasteiger partial charge on any atom is 0.262 e. The van der Waals surface area contributed by atoms with Gasteiger partial charge in [0.15, 0.2) is 0 Å². The molecule has 7 heteroatoms. The zero-order valence-electron chi connectivity index (χ0n) is 16.4. The summed E-state index contributed by atoms with van der Waals surface area (Å²) in [4.78, 5) is 33.2. The van der Waals surface area contributed by atoms with E-state index < -0.39 is 0 Å². The number of anilines is 3. The molecule has 7 nitrogen and oxygen atoms in total. The van der Waals surface area contributed by atoms with Crippen LogP contribution in [0.4, 0.5) is 17.2 Å². The quantitative estimate of drug-likeness (QED) is 0.404. The minimum Gasteiger partial charge on any atom is -0.321 e. The molecule has 1 saturated carbocycles. The smallest absolute Gasteiger partial charge is 0.262 e. The van der Waals surface area contributed by atoms with E-state index in [1.807, 2.05) is 35.2 Å². The number of carbonyl (C=O) groups is 2. The number of amides is 2. The summed E-state index contributed by atoms with van der Waals surface area (Å²) in [7, 11) is 0. The lowest BCUT2D eigenvalue weighted by molar-refractivity contribution is -0.129. The molecule has 0 atom stereocenters. The predicted molar refractivity (Wildman–Crippen MR) is 111 cm³/mol. The lowest BCUT2D eigenvalue weighted by atomic mass is 10.1. The van der Waals surface area contributed by atoms with Gasteiger partial charge in [-0.1, -0.05) is 25.0 Å². The minimum absolute atomic E-state index is 0.0108. The SMILES string of the molecule is O=C(CCCCCCN1C(=O)c2cccnc2N(C2CC2)c2ccccc21)NO. The Labute approximate surface area is 170 Å². The summed E-state index contributed by atoms with van der Waals surface area (Å²) in [6.45, 7) is 0.620. The second kappa shape index (κ2) is 8.61. The van der Waals surface area contributed by atoms with Gasteiger partial charge in [0, 0.05) is 25.2 Å². The molecule has 1 aromatic heterocycles. The van der Waals surface area contributed by atoms with E-state index in [9.17, 15) is 9.59 Å². The second-order valence-corrected chi connectivity index (χ2v) is 7.62. The number of pyridine rings is 1. The van der Waals surface area contributed by atoms with Gasteiger partial charge in [-0.3, -0.25) is 14.8 Å². The van der Waals surface area contributed by atoms with E-state index in [0.717, 1.165) is 55.7 Å². The molecule has 1 aliphatic heterocycles. The fourth-order valence-corrected chi connectivity index (χ4v) is 3.91. The third kappa shape index (κ3) is 4.10. The van der Waals surface area contributed by atoms with Crippen molar-refractivity contribution in [2.75, 3.05) is 16.3 Å². The van der Waals surface area contributed by atoms with Crippen LogP contribution in [0.1, 0.15) is 55.3 Å². The largest absolute Gasteiger partial charge is 0.321 e. The molecular weight excluding hydrogens is 368 g/mol. The van der Waals surface area contributed by atoms with Crippen molar-refractivity contribution in [3.63, 3.8) is 0 Å². The molecule has 152 valence electrons. The van der Waals surface area contributed by atoms with E-state index in [-0.39, 0.29) is 11.8 Å². The molecule has 0 unspecified atom stereocenters. The molecule has 0 bridgehead atoms. The Morgan fingerprint density at radius 1 is 1.07 bits per heavy atom. The first-order valence-corrected chi connectivity index (χ1v) is 10.3. The fraction of sp³-hybridized carbons (Fsp3) is 0.409. The van der Waals surface area contributed by atoms with Gasteiger partial charge in [-0.15, -0.1) is 0 Å². The highest BCUT2D eigenvalue weighted by atomic mass is 16.5. The first kappa shape index (κ1) is 19.4. The minimum atomic E-state index is -0.356. The third-order valence-electron chi connectivity index (χ3n) is 5.49. The van der Waals surface area contributed by atoms with Crippen LogP contribution < -0.4 is 15.3 Å². The maximum atomic E-state index is 13.4. The Bertz CT molecular complexity index is 897. The number of hydrogen-bond donors (Lipinski definition) is 2. The van der Waals surface area contributed by atoms with E-state index in [2.05, 4.69) is 16.0 Å². The van der Waals surface area contributed by atoms with Crippen LogP contribution >= 0.6 is 0 Å². The van der Waals surface area contributed by atoms with Crippen molar-refractivity contribution in [2.24, 2.45) is 0 Å². The summed E-state index contributed by atoms with van der Waals surface area (Å²) in [5.41, 5.74) is 4.28. The molecule has 0 radical (unpaired) electrons. The number of hydroxylamine groups is 1. The van der Waals surface area contributed by atoms with Crippen molar-refractivity contribution in [2.45, 2.75) is 51.0 Å². The average molecular weight is 394 g/mol. The number of benzene rings is 1. The van der Waals surface area contributed by atoms with Crippen LogP contribution in [0.2, 0.25) is 0 Å². The van der Waals surface area contributed by atoms with Crippen LogP contribution in [0.3, 0.4) is 0 Å². The van der Waals surface area contributed by atoms with Crippen LogP contribution in [0, 0.1) is 0 Å². The Hall–Kier alpha value is -2.93. The van der Waals surface area contributed by atoms with Gasteiger partial charge < -0.3 is 9.80 Å². The van der Waals surface area contributed by atoms with Crippen LogP contribution in [-0.4, -0.2) is 34.6 Å². The second-order valence-electron chi connectivity index (χ2n) is 7.62. The Kier molecular flexibility index (Phi) is 5.76. The molecule has 1 aromatic carbocycles. The van der Waals surface area contributed by atoms with Crippen molar-refractivity contribution in [1.82, 2.24) is 10.5 Å². The molecule has 2 heterocycles. The summed E-state index contributed by atoms with van der Waals surface area (Å²) in [5.74, 6) is 0.388. The van der Waals surface area contributed by atoms with Crippen molar-refractivity contribution in [3.05, 3.63) is 48.2 Å². The molecule has 0 spiro atoms. The zero-order valence-corrected chi connectivity index (χ0v) is 16.4. The van der Waals surface area contributed by atoms with E-state index in [1.54, 1.807) is 11.7 Å². The summed E-state index contributed by atoms with van der Waals surface area (Å²) in [6.07, 6.45) is 7.65. The summed E-state index contributed by atoms with van der Waals surface area (Å²) in [6, 6.07) is 12.2. The Morgan fingerprint density at radius 2 is 1.83 bits per heavy atom. The predicted octanol–water partition coefficient (Wildman–Crippen LogP) is 3.80. The highest BCUT2D eigenvalue weighted by molar-refractivity contribution is 6.13. The van der Waals surface area contributed by atoms with Gasteiger partial charge in [0.25, 0.3) is 5.91 Å². The summed E-state index contributed by atoms with van der Waals surface area (Å²) < 4.78 is 0. The number of nitrogens with one attached hydrogen (secondary N) is 1. The van der Waals surface area contributed by atoms with Crippen molar-refractivity contribution >= 4 is 29.0 Å². The van der Waals surface area contributed by atoms with Gasteiger partial charge in [-0.25, -0.2) is 10.5 Å².